The molecule has 1 amide bonds. The minimum atomic E-state index is -0.401. The average molecular weight is 292 g/mol. The molecule has 1 aliphatic rings. The van der Waals surface area contributed by atoms with E-state index < -0.39 is 6.09 Å². The summed E-state index contributed by atoms with van der Waals surface area (Å²) in [6.07, 6.45) is 2.46. The van der Waals surface area contributed by atoms with Crippen LogP contribution in [0.1, 0.15) is 6.42 Å². The molecule has 1 rings (SSSR count). The summed E-state index contributed by atoms with van der Waals surface area (Å²) in [7, 11) is 0. The highest BCUT2D eigenvalue weighted by Crippen LogP contribution is 2.16. The van der Waals surface area contributed by atoms with Gasteiger partial charge in [0.15, 0.2) is 6.61 Å². The van der Waals surface area contributed by atoms with Crippen LogP contribution >= 0.6 is 22.6 Å². The van der Waals surface area contributed by atoms with E-state index in [1.807, 2.05) is 6.08 Å². The molecule has 0 aromatic heterocycles. The van der Waals surface area contributed by atoms with Gasteiger partial charge in [-0.25, -0.2) is 4.79 Å². The number of hydrogen-bond donors (Lipinski definition) is 0. The van der Waals surface area contributed by atoms with Gasteiger partial charge >= 0.3 is 6.09 Å². The summed E-state index contributed by atoms with van der Waals surface area (Å²) in [6, 6.07) is 1.76. The maximum atomic E-state index is 11.2. The van der Waals surface area contributed by atoms with Crippen LogP contribution < -0.4 is 0 Å². The fourth-order valence-corrected chi connectivity index (χ4v) is 1.43. The van der Waals surface area contributed by atoms with E-state index in [4.69, 9.17) is 5.26 Å². The van der Waals surface area contributed by atoms with Gasteiger partial charge in [-0.15, -0.1) is 0 Å². The van der Waals surface area contributed by atoms with Gasteiger partial charge in [-0.3, -0.25) is 0 Å². The molecule has 0 aromatic carbocycles. The standard InChI is InChI=1S/C8H9IN2O2/c9-7-1-4-11(5-2-7)8(12)13-6-3-10/h1H,2,4-6H2. The molecular weight excluding hydrogens is 283 g/mol. The van der Waals surface area contributed by atoms with E-state index in [1.165, 1.54) is 3.58 Å². The Kier molecular flexibility index (Phi) is 4.02. The molecule has 0 radical (unpaired) electrons. The lowest BCUT2D eigenvalue weighted by Crippen LogP contribution is -2.34. The van der Waals surface area contributed by atoms with E-state index in [9.17, 15) is 4.79 Å². The number of hydrogen-bond acceptors (Lipinski definition) is 3. The van der Waals surface area contributed by atoms with Crippen molar-refractivity contribution in [2.24, 2.45) is 0 Å². The minimum absolute atomic E-state index is 0.170. The summed E-state index contributed by atoms with van der Waals surface area (Å²) in [4.78, 5) is 12.8. The summed E-state index contributed by atoms with van der Waals surface area (Å²) < 4.78 is 5.93. The monoisotopic (exact) mass is 292 g/mol. The van der Waals surface area contributed by atoms with Gasteiger partial charge in [0.05, 0.1) is 0 Å². The summed E-state index contributed by atoms with van der Waals surface area (Å²) in [6.45, 7) is 1.09. The zero-order valence-corrected chi connectivity index (χ0v) is 9.15. The molecule has 0 atom stereocenters. The molecule has 0 bridgehead atoms. The lowest BCUT2D eigenvalue weighted by atomic mass is 10.3. The van der Waals surface area contributed by atoms with Crippen molar-refractivity contribution < 1.29 is 9.53 Å². The molecule has 0 unspecified atom stereocenters. The first kappa shape index (κ1) is 10.3. The van der Waals surface area contributed by atoms with Gasteiger partial charge in [0.1, 0.15) is 6.07 Å². The van der Waals surface area contributed by atoms with Crippen LogP contribution in [0, 0.1) is 11.3 Å². The fraction of sp³-hybridized carbons (Fsp3) is 0.500. The normalized spacial score (nSPS) is 16.0. The Morgan fingerprint density at radius 1 is 1.85 bits per heavy atom. The smallest absolute Gasteiger partial charge is 0.411 e. The van der Waals surface area contributed by atoms with E-state index >= 15 is 0 Å². The molecule has 4 nitrogen and oxygen atoms in total. The maximum absolute atomic E-state index is 11.2. The topological polar surface area (TPSA) is 53.3 Å². The summed E-state index contributed by atoms with van der Waals surface area (Å²) in [5, 5.41) is 8.20. The van der Waals surface area contributed by atoms with E-state index in [2.05, 4.69) is 27.3 Å². The van der Waals surface area contributed by atoms with Crippen LogP contribution in [-0.4, -0.2) is 30.7 Å². The van der Waals surface area contributed by atoms with Gasteiger partial charge in [-0.1, -0.05) is 6.08 Å². The van der Waals surface area contributed by atoms with Crippen LogP contribution in [0.15, 0.2) is 9.66 Å². The van der Waals surface area contributed by atoms with Gasteiger partial charge in [-0.05, 0) is 32.6 Å². The van der Waals surface area contributed by atoms with Crippen molar-refractivity contribution in [2.75, 3.05) is 19.7 Å². The number of amides is 1. The molecular formula is C8H9IN2O2. The summed E-state index contributed by atoms with van der Waals surface area (Å²) in [5.74, 6) is 0. The van der Waals surface area contributed by atoms with Crippen LogP contribution in [-0.2, 0) is 4.74 Å². The van der Waals surface area contributed by atoms with Crippen LogP contribution in [0.4, 0.5) is 4.79 Å². The highest BCUT2D eigenvalue weighted by atomic mass is 127. The van der Waals surface area contributed by atoms with Crippen LogP contribution in [0.25, 0.3) is 0 Å². The Balaban J connectivity index is 2.38. The highest BCUT2D eigenvalue weighted by Gasteiger charge is 2.16. The second kappa shape index (κ2) is 5.07. The Labute approximate surface area is 90.3 Å². The average Bonchev–Trinajstić information content (AvgIpc) is 2.15. The van der Waals surface area contributed by atoms with Crippen LogP contribution in [0.3, 0.4) is 0 Å². The van der Waals surface area contributed by atoms with Gasteiger partial charge in [-0.2, -0.15) is 5.26 Å². The Bertz CT molecular complexity index is 270. The molecule has 1 aliphatic heterocycles. The first-order chi connectivity index (χ1) is 6.24. The Morgan fingerprint density at radius 2 is 2.62 bits per heavy atom. The van der Waals surface area contributed by atoms with E-state index in [-0.39, 0.29) is 6.61 Å². The molecule has 70 valence electrons. The number of carbonyl (C=O) groups excluding carboxylic acids is 1. The first-order valence-corrected chi connectivity index (χ1v) is 4.95. The maximum Gasteiger partial charge on any atom is 0.411 e. The van der Waals surface area contributed by atoms with E-state index in [0.717, 1.165) is 6.42 Å². The lowest BCUT2D eigenvalue weighted by Gasteiger charge is -2.23. The molecule has 0 N–H and O–H groups in total. The van der Waals surface area contributed by atoms with E-state index in [1.54, 1.807) is 11.0 Å². The van der Waals surface area contributed by atoms with Crippen molar-refractivity contribution in [1.82, 2.24) is 4.90 Å². The van der Waals surface area contributed by atoms with Gasteiger partial charge in [0, 0.05) is 13.1 Å². The van der Waals surface area contributed by atoms with Crippen LogP contribution in [0.5, 0.6) is 0 Å². The van der Waals surface area contributed by atoms with Gasteiger partial charge in [0.2, 0.25) is 0 Å². The summed E-state index contributed by atoms with van der Waals surface area (Å²) >= 11 is 2.25. The molecule has 0 saturated heterocycles. The molecule has 13 heavy (non-hydrogen) atoms. The highest BCUT2D eigenvalue weighted by molar-refractivity contribution is 14.1. The second-order valence-corrected chi connectivity index (χ2v) is 3.95. The number of rotatable bonds is 1. The van der Waals surface area contributed by atoms with Crippen molar-refractivity contribution in [1.29, 1.82) is 5.26 Å². The van der Waals surface area contributed by atoms with Gasteiger partial charge < -0.3 is 9.64 Å². The molecule has 0 spiro atoms. The van der Waals surface area contributed by atoms with Crippen molar-refractivity contribution in [3.63, 3.8) is 0 Å². The van der Waals surface area contributed by atoms with Crippen molar-refractivity contribution in [3.05, 3.63) is 9.66 Å². The predicted octanol–water partition coefficient (Wildman–Crippen LogP) is 1.67. The summed E-state index contributed by atoms with van der Waals surface area (Å²) in [5.41, 5.74) is 0. The molecule has 0 fully saturated rings. The number of halogens is 1. The quantitative estimate of drug-likeness (QED) is 0.691. The number of carbonyl (C=O) groups is 1. The number of ether oxygens (including phenoxy) is 1. The third-order valence-electron chi connectivity index (χ3n) is 1.67. The van der Waals surface area contributed by atoms with Crippen molar-refractivity contribution >= 4 is 28.7 Å². The number of nitrogens with zero attached hydrogens (tertiary/aromatic N) is 2. The van der Waals surface area contributed by atoms with E-state index in [0.29, 0.717) is 13.1 Å². The fourth-order valence-electron chi connectivity index (χ4n) is 0.995. The molecule has 0 saturated carbocycles. The van der Waals surface area contributed by atoms with Crippen molar-refractivity contribution in [3.8, 4) is 6.07 Å². The van der Waals surface area contributed by atoms with Gasteiger partial charge in [0.25, 0.3) is 0 Å². The third kappa shape index (κ3) is 3.22. The SMILES string of the molecule is N#CCOC(=O)N1CC=C(I)CC1. The number of nitriles is 1. The second-order valence-electron chi connectivity index (χ2n) is 2.56. The minimum Gasteiger partial charge on any atom is -0.434 e. The lowest BCUT2D eigenvalue weighted by molar-refractivity contribution is 0.117. The Morgan fingerprint density at radius 3 is 3.15 bits per heavy atom. The predicted molar refractivity (Wildman–Crippen MR) is 55.3 cm³/mol. The third-order valence-corrected chi connectivity index (χ3v) is 2.65. The first-order valence-electron chi connectivity index (χ1n) is 3.87. The molecule has 5 heteroatoms. The molecule has 0 aliphatic carbocycles. The molecule has 0 aromatic rings. The van der Waals surface area contributed by atoms with Crippen molar-refractivity contribution in [2.45, 2.75) is 6.42 Å². The Hall–Kier alpha value is -0.770. The zero-order chi connectivity index (χ0) is 9.68. The molecule has 1 heterocycles. The van der Waals surface area contributed by atoms with Crippen LogP contribution in [0.2, 0.25) is 0 Å². The zero-order valence-electron chi connectivity index (χ0n) is 6.99. The largest absolute Gasteiger partial charge is 0.434 e.